The van der Waals surface area contributed by atoms with Gasteiger partial charge < -0.3 is 25.6 Å². The van der Waals surface area contributed by atoms with Crippen molar-refractivity contribution >= 4 is 35.8 Å². The number of guanidine groups is 1. The second-order valence-corrected chi connectivity index (χ2v) is 7.52. The zero-order valence-corrected chi connectivity index (χ0v) is 19.8. The second-order valence-electron chi connectivity index (χ2n) is 7.52. The van der Waals surface area contributed by atoms with Crippen LogP contribution in [0.4, 0.5) is 5.82 Å². The highest BCUT2D eigenvalue weighted by molar-refractivity contribution is 14.0. The lowest BCUT2D eigenvalue weighted by Crippen LogP contribution is -2.46. The predicted octanol–water partition coefficient (Wildman–Crippen LogP) is 2.77. The molecule has 8 heteroatoms. The number of halogens is 1. The standard InChI is InChI=1S/C22H30N6O.HI/c1-2-27-10-12-28(13-11-27)21-15-17(7-9-24-21)16-25-22(23)26-19-8-14-29-20-6-4-3-5-18(19)20;/h3-7,9,15,19H,2,8,10-14,16H2,1H3,(H3,23,25,26);1H. The van der Waals surface area contributed by atoms with Crippen LogP contribution in [0.25, 0.3) is 0 Å². The molecule has 0 spiro atoms. The van der Waals surface area contributed by atoms with E-state index in [1.807, 2.05) is 30.5 Å². The summed E-state index contributed by atoms with van der Waals surface area (Å²) in [6.45, 7) is 8.74. The molecule has 1 fully saturated rings. The number of para-hydroxylation sites is 1. The number of hydrogen-bond donors (Lipinski definition) is 2. The minimum Gasteiger partial charge on any atom is -0.493 e. The van der Waals surface area contributed by atoms with E-state index in [4.69, 9.17) is 10.5 Å². The van der Waals surface area contributed by atoms with Gasteiger partial charge >= 0.3 is 0 Å². The third kappa shape index (κ3) is 5.54. The number of piperazine rings is 1. The molecule has 0 radical (unpaired) electrons. The molecule has 1 aromatic carbocycles. The molecule has 2 aromatic rings. The van der Waals surface area contributed by atoms with Crippen molar-refractivity contribution in [3.8, 4) is 5.75 Å². The van der Waals surface area contributed by atoms with Crippen LogP contribution in [0, 0.1) is 0 Å². The Balaban J connectivity index is 0.00000256. The number of aliphatic imine (C=N–C) groups is 1. The minimum atomic E-state index is 0. The summed E-state index contributed by atoms with van der Waals surface area (Å²) in [7, 11) is 0. The predicted molar refractivity (Wildman–Crippen MR) is 132 cm³/mol. The van der Waals surface area contributed by atoms with E-state index >= 15 is 0 Å². The number of rotatable bonds is 5. The van der Waals surface area contributed by atoms with Crippen LogP contribution in [-0.2, 0) is 6.54 Å². The molecule has 162 valence electrons. The Bertz CT molecular complexity index is 853. The summed E-state index contributed by atoms with van der Waals surface area (Å²) in [6, 6.07) is 12.3. The summed E-state index contributed by atoms with van der Waals surface area (Å²) in [6.07, 6.45) is 2.74. The first-order chi connectivity index (χ1) is 14.2. The normalized spacial score (nSPS) is 19.4. The number of pyridine rings is 1. The Morgan fingerprint density at radius 3 is 2.83 bits per heavy atom. The Hall–Kier alpha value is -2.07. The molecular formula is C22H31IN6O. The number of hydrogen-bond acceptors (Lipinski definition) is 5. The lowest BCUT2D eigenvalue weighted by molar-refractivity contribution is 0.262. The van der Waals surface area contributed by atoms with E-state index in [0.717, 1.165) is 61.8 Å². The van der Waals surface area contributed by atoms with Crippen molar-refractivity contribution < 1.29 is 4.74 Å². The molecular weight excluding hydrogens is 491 g/mol. The molecule has 3 heterocycles. The van der Waals surface area contributed by atoms with Crippen molar-refractivity contribution in [2.45, 2.75) is 25.9 Å². The first-order valence-corrected chi connectivity index (χ1v) is 10.4. The van der Waals surface area contributed by atoms with Gasteiger partial charge in [-0.2, -0.15) is 0 Å². The monoisotopic (exact) mass is 522 g/mol. The molecule has 30 heavy (non-hydrogen) atoms. The van der Waals surface area contributed by atoms with Crippen molar-refractivity contribution in [2.75, 3.05) is 44.2 Å². The number of ether oxygens (including phenoxy) is 1. The van der Waals surface area contributed by atoms with Crippen LogP contribution < -0.4 is 20.7 Å². The SMILES string of the molecule is CCN1CCN(c2cc(CN=C(N)NC3CCOc4ccccc43)ccn2)CC1.I. The van der Waals surface area contributed by atoms with E-state index in [-0.39, 0.29) is 30.0 Å². The summed E-state index contributed by atoms with van der Waals surface area (Å²) >= 11 is 0. The minimum absolute atomic E-state index is 0. The number of anilines is 1. The fourth-order valence-corrected chi connectivity index (χ4v) is 3.92. The number of nitrogens with zero attached hydrogens (tertiary/aromatic N) is 4. The van der Waals surface area contributed by atoms with Gasteiger partial charge in [-0.3, -0.25) is 0 Å². The van der Waals surface area contributed by atoms with Gasteiger partial charge in [0.2, 0.25) is 0 Å². The molecule has 1 aromatic heterocycles. The highest BCUT2D eigenvalue weighted by Gasteiger charge is 2.21. The maximum absolute atomic E-state index is 6.19. The number of aromatic nitrogens is 1. The molecule has 7 nitrogen and oxygen atoms in total. The number of benzene rings is 1. The highest BCUT2D eigenvalue weighted by atomic mass is 127. The van der Waals surface area contributed by atoms with Crippen LogP contribution in [0.5, 0.6) is 5.75 Å². The summed E-state index contributed by atoms with van der Waals surface area (Å²) < 4.78 is 5.71. The molecule has 4 rings (SSSR count). The number of likely N-dealkylation sites (N-methyl/N-ethyl adjacent to an activating group) is 1. The fourth-order valence-electron chi connectivity index (χ4n) is 3.92. The number of nitrogens with two attached hydrogens (primary N) is 1. The van der Waals surface area contributed by atoms with Crippen molar-refractivity contribution in [1.29, 1.82) is 0 Å². The smallest absolute Gasteiger partial charge is 0.189 e. The lowest BCUT2D eigenvalue weighted by Gasteiger charge is -2.34. The molecule has 2 aliphatic heterocycles. The average molecular weight is 522 g/mol. The Kier molecular flexibility index (Phi) is 8.15. The summed E-state index contributed by atoms with van der Waals surface area (Å²) in [4.78, 5) is 13.9. The van der Waals surface area contributed by atoms with Gasteiger partial charge in [-0.05, 0) is 30.3 Å². The fraction of sp³-hybridized carbons (Fsp3) is 0.455. The van der Waals surface area contributed by atoms with Gasteiger partial charge in [-0.25, -0.2) is 9.98 Å². The maximum Gasteiger partial charge on any atom is 0.189 e. The topological polar surface area (TPSA) is 79.0 Å². The van der Waals surface area contributed by atoms with Gasteiger partial charge in [0.05, 0.1) is 19.2 Å². The molecule has 2 aliphatic rings. The molecule has 1 saturated heterocycles. The van der Waals surface area contributed by atoms with Crippen molar-refractivity contribution in [3.05, 3.63) is 53.7 Å². The van der Waals surface area contributed by atoms with Crippen LogP contribution in [0.2, 0.25) is 0 Å². The summed E-state index contributed by atoms with van der Waals surface area (Å²) in [5.41, 5.74) is 8.44. The Morgan fingerprint density at radius 2 is 2.03 bits per heavy atom. The first kappa shape index (κ1) is 22.6. The molecule has 1 atom stereocenters. The van der Waals surface area contributed by atoms with E-state index in [1.165, 1.54) is 0 Å². The third-order valence-electron chi connectivity index (χ3n) is 5.67. The van der Waals surface area contributed by atoms with E-state index in [2.05, 4.69) is 44.1 Å². The first-order valence-electron chi connectivity index (χ1n) is 10.4. The van der Waals surface area contributed by atoms with Gasteiger partial charge in [0.1, 0.15) is 11.6 Å². The van der Waals surface area contributed by atoms with Crippen LogP contribution in [0.3, 0.4) is 0 Å². The zero-order chi connectivity index (χ0) is 20.1. The van der Waals surface area contributed by atoms with E-state index in [9.17, 15) is 0 Å². The van der Waals surface area contributed by atoms with Gasteiger partial charge in [-0.15, -0.1) is 24.0 Å². The molecule has 3 N–H and O–H groups in total. The van der Waals surface area contributed by atoms with Crippen molar-refractivity contribution in [3.63, 3.8) is 0 Å². The highest BCUT2D eigenvalue weighted by Crippen LogP contribution is 2.31. The van der Waals surface area contributed by atoms with E-state index in [1.54, 1.807) is 0 Å². The van der Waals surface area contributed by atoms with Crippen molar-refractivity contribution in [1.82, 2.24) is 15.2 Å². The molecule has 0 bridgehead atoms. The quantitative estimate of drug-likeness (QED) is 0.357. The zero-order valence-electron chi connectivity index (χ0n) is 17.5. The maximum atomic E-state index is 6.19. The lowest BCUT2D eigenvalue weighted by atomic mass is 10.0. The van der Waals surface area contributed by atoms with Crippen LogP contribution in [0.1, 0.15) is 30.5 Å². The largest absolute Gasteiger partial charge is 0.493 e. The number of nitrogens with one attached hydrogen (secondary N) is 1. The van der Waals surface area contributed by atoms with E-state index < -0.39 is 0 Å². The van der Waals surface area contributed by atoms with Crippen LogP contribution in [0.15, 0.2) is 47.6 Å². The summed E-state index contributed by atoms with van der Waals surface area (Å²) in [5.74, 6) is 2.41. The van der Waals surface area contributed by atoms with E-state index in [0.29, 0.717) is 19.1 Å². The molecule has 0 saturated carbocycles. The molecule has 0 aliphatic carbocycles. The number of fused-ring (bicyclic) bond motifs is 1. The molecule has 1 unspecified atom stereocenters. The van der Waals surface area contributed by atoms with Gasteiger partial charge in [0.15, 0.2) is 5.96 Å². The van der Waals surface area contributed by atoms with Gasteiger partial charge in [-0.1, -0.05) is 25.1 Å². The Labute approximate surface area is 195 Å². The Morgan fingerprint density at radius 1 is 1.23 bits per heavy atom. The summed E-state index contributed by atoms with van der Waals surface area (Å²) in [5, 5.41) is 3.35. The third-order valence-corrected chi connectivity index (χ3v) is 5.67. The van der Waals surface area contributed by atoms with Crippen molar-refractivity contribution in [2.24, 2.45) is 10.7 Å². The molecule has 0 amide bonds. The second kappa shape index (κ2) is 10.8. The average Bonchev–Trinajstić information content (AvgIpc) is 2.78. The van der Waals surface area contributed by atoms with Crippen LogP contribution >= 0.6 is 24.0 Å². The van der Waals surface area contributed by atoms with Crippen LogP contribution in [-0.4, -0.2) is 55.2 Å². The van der Waals surface area contributed by atoms with Gasteiger partial charge in [0.25, 0.3) is 0 Å². The van der Waals surface area contributed by atoms with Gasteiger partial charge in [0, 0.05) is 44.4 Å².